The molecular formula is C20H24N2O4S3. The largest absolute Gasteiger partial charge is 0.379 e. The van der Waals surface area contributed by atoms with E-state index >= 15 is 0 Å². The highest BCUT2D eigenvalue weighted by atomic mass is 32.2. The van der Waals surface area contributed by atoms with Crippen LogP contribution in [-0.4, -0.2) is 68.7 Å². The molecule has 0 N–H and O–H groups in total. The lowest BCUT2D eigenvalue weighted by Gasteiger charge is -2.26. The summed E-state index contributed by atoms with van der Waals surface area (Å²) in [5, 5.41) is 2.53. The lowest BCUT2D eigenvalue weighted by molar-refractivity contribution is 0.0730. The van der Waals surface area contributed by atoms with Gasteiger partial charge in [0.1, 0.15) is 0 Å². The Balaban J connectivity index is 1.42. The van der Waals surface area contributed by atoms with E-state index in [-0.39, 0.29) is 10.8 Å². The van der Waals surface area contributed by atoms with Crippen molar-refractivity contribution in [2.75, 3.05) is 45.1 Å². The van der Waals surface area contributed by atoms with E-state index in [4.69, 9.17) is 4.74 Å². The molecule has 0 radical (unpaired) electrons. The van der Waals surface area contributed by atoms with Crippen LogP contribution in [-0.2, 0) is 14.8 Å². The Morgan fingerprint density at radius 2 is 1.79 bits per heavy atom. The van der Waals surface area contributed by atoms with Gasteiger partial charge in [0.15, 0.2) is 0 Å². The summed E-state index contributed by atoms with van der Waals surface area (Å²) in [7, 11) is -3.54. The van der Waals surface area contributed by atoms with Crippen molar-refractivity contribution in [3.63, 3.8) is 0 Å². The predicted molar refractivity (Wildman–Crippen MR) is 116 cm³/mol. The first kappa shape index (κ1) is 20.9. The first-order valence-corrected chi connectivity index (χ1v) is 13.0. The molecule has 156 valence electrons. The maximum absolute atomic E-state index is 13.0. The number of carbonyl (C=O) groups is 1. The second-order valence-electron chi connectivity index (χ2n) is 7.00. The second-order valence-corrected chi connectivity index (χ2v) is 11.2. The molecule has 0 aliphatic carbocycles. The number of nitrogens with zero attached hydrogens (tertiary/aromatic N) is 2. The van der Waals surface area contributed by atoms with Gasteiger partial charge in [-0.1, -0.05) is 6.07 Å². The van der Waals surface area contributed by atoms with E-state index in [1.54, 1.807) is 35.6 Å². The van der Waals surface area contributed by atoms with Crippen molar-refractivity contribution in [3.8, 4) is 0 Å². The zero-order valence-corrected chi connectivity index (χ0v) is 18.5. The minimum absolute atomic E-state index is 0.0345. The van der Waals surface area contributed by atoms with E-state index in [0.29, 0.717) is 50.2 Å². The molecule has 2 saturated heterocycles. The summed E-state index contributed by atoms with van der Waals surface area (Å²) >= 11 is 3.67. The fourth-order valence-corrected chi connectivity index (χ4v) is 7.21. The van der Waals surface area contributed by atoms with E-state index in [1.807, 2.05) is 16.7 Å². The smallest absolute Gasteiger partial charge is 0.253 e. The Kier molecular flexibility index (Phi) is 6.60. The normalized spacial score (nSPS) is 21.7. The number of sulfonamides is 1. The third-order valence-electron chi connectivity index (χ3n) is 5.20. The zero-order chi connectivity index (χ0) is 20.3. The van der Waals surface area contributed by atoms with Crippen LogP contribution >= 0.6 is 23.1 Å². The third-order valence-corrected chi connectivity index (χ3v) is 9.56. The number of carbonyl (C=O) groups excluding carboxylic acids is 1. The van der Waals surface area contributed by atoms with E-state index < -0.39 is 10.0 Å². The molecule has 2 aliphatic heterocycles. The quantitative estimate of drug-likeness (QED) is 0.713. The standard InChI is InChI=1S/C20H24N2O4S3/c23-20(21-8-7-19(28-15-11-21)18-2-1-14-27-18)16-3-5-17(6-4-16)29(24,25)22-9-12-26-13-10-22/h1-6,14,19H,7-13,15H2. The first-order valence-electron chi connectivity index (χ1n) is 9.68. The number of benzene rings is 1. The lowest BCUT2D eigenvalue weighted by atomic mass is 10.2. The molecule has 1 amide bonds. The van der Waals surface area contributed by atoms with Crippen molar-refractivity contribution in [1.82, 2.24) is 9.21 Å². The number of morpholine rings is 1. The fourth-order valence-electron chi connectivity index (χ4n) is 3.56. The molecule has 1 unspecified atom stereocenters. The van der Waals surface area contributed by atoms with E-state index in [0.717, 1.165) is 12.2 Å². The van der Waals surface area contributed by atoms with Crippen LogP contribution in [0.1, 0.15) is 26.9 Å². The number of amides is 1. The lowest BCUT2D eigenvalue weighted by Crippen LogP contribution is -2.40. The Morgan fingerprint density at radius 3 is 2.48 bits per heavy atom. The molecule has 4 rings (SSSR count). The molecular weight excluding hydrogens is 428 g/mol. The highest BCUT2D eigenvalue weighted by Crippen LogP contribution is 2.36. The number of thiophene rings is 1. The summed E-state index contributed by atoms with van der Waals surface area (Å²) in [5.41, 5.74) is 0.533. The first-order chi connectivity index (χ1) is 14.1. The van der Waals surface area contributed by atoms with Crippen LogP contribution in [0.25, 0.3) is 0 Å². The topological polar surface area (TPSA) is 66.9 Å². The van der Waals surface area contributed by atoms with E-state index in [9.17, 15) is 13.2 Å². The molecule has 2 aromatic rings. The summed E-state index contributed by atoms with van der Waals surface area (Å²) in [4.78, 5) is 16.4. The van der Waals surface area contributed by atoms with Gasteiger partial charge in [-0.2, -0.15) is 16.1 Å². The van der Waals surface area contributed by atoms with Crippen molar-refractivity contribution in [2.45, 2.75) is 16.6 Å². The number of thioether (sulfide) groups is 1. The highest BCUT2D eigenvalue weighted by Gasteiger charge is 2.27. The molecule has 6 nitrogen and oxygen atoms in total. The van der Waals surface area contributed by atoms with Crippen LogP contribution < -0.4 is 0 Å². The van der Waals surface area contributed by atoms with E-state index in [2.05, 4.69) is 17.5 Å². The molecule has 9 heteroatoms. The highest BCUT2D eigenvalue weighted by molar-refractivity contribution is 7.99. The molecule has 2 aliphatic rings. The molecule has 0 spiro atoms. The SMILES string of the molecule is O=C(c1ccc(S(=O)(=O)N2CCOCC2)cc1)N1CCSC(c2cccs2)CC1. The number of hydrogen-bond acceptors (Lipinski definition) is 6. The summed E-state index contributed by atoms with van der Waals surface area (Å²) in [6.45, 7) is 2.96. The number of ether oxygens (including phenoxy) is 1. The fraction of sp³-hybridized carbons (Fsp3) is 0.450. The minimum atomic E-state index is -3.54. The third kappa shape index (κ3) is 4.69. The van der Waals surface area contributed by atoms with Gasteiger partial charge in [-0.05, 0) is 42.1 Å². The van der Waals surface area contributed by atoms with Gasteiger partial charge >= 0.3 is 0 Å². The van der Waals surface area contributed by atoms with Crippen LogP contribution in [0.15, 0.2) is 46.7 Å². The van der Waals surface area contributed by atoms with Gasteiger partial charge in [0.25, 0.3) is 5.91 Å². The van der Waals surface area contributed by atoms with Crippen LogP contribution in [0.2, 0.25) is 0 Å². The number of hydrogen-bond donors (Lipinski definition) is 0. The maximum Gasteiger partial charge on any atom is 0.253 e. The predicted octanol–water partition coefficient (Wildman–Crippen LogP) is 3.09. The molecule has 3 heterocycles. The van der Waals surface area contributed by atoms with E-state index in [1.165, 1.54) is 9.18 Å². The Bertz CT molecular complexity index is 923. The van der Waals surface area contributed by atoms with Gasteiger partial charge in [0, 0.05) is 47.6 Å². The molecule has 29 heavy (non-hydrogen) atoms. The van der Waals surface area contributed by atoms with Gasteiger partial charge in [0.2, 0.25) is 10.0 Å². The summed E-state index contributed by atoms with van der Waals surface area (Å²) in [5.74, 6) is 0.866. The van der Waals surface area contributed by atoms with Crippen LogP contribution in [0.4, 0.5) is 0 Å². The molecule has 0 saturated carbocycles. The second kappa shape index (κ2) is 9.18. The average molecular weight is 453 g/mol. The Hall–Kier alpha value is -1.39. The van der Waals surface area contributed by atoms with Crippen molar-refractivity contribution in [3.05, 3.63) is 52.2 Å². The minimum Gasteiger partial charge on any atom is -0.379 e. The van der Waals surface area contributed by atoms with Crippen LogP contribution in [0, 0.1) is 0 Å². The average Bonchev–Trinajstić information content (AvgIpc) is 3.19. The van der Waals surface area contributed by atoms with Gasteiger partial charge in [-0.25, -0.2) is 8.42 Å². The molecule has 1 aromatic heterocycles. The van der Waals surface area contributed by atoms with Crippen LogP contribution in [0.5, 0.6) is 0 Å². The molecule has 1 aromatic carbocycles. The molecule has 2 fully saturated rings. The summed E-state index contributed by atoms with van der Waals surface area (Å²) < 4.78 is 32.1. The summed E-state index contributed by atoms with van der Waals surface area (Å²) in [6, 6.07) is 10.6. The zero-order valence-electron chi connectivity index (χ0n) is 16.0. The monoisotopic (exact) mass is 452 g/mol. The Labute approximate surface area is 179 Å². The van der Waals surface area contributed by atoms with Gasteiger partial charge in [-0.15, -0.1) is 11.3 Å². The number of rotatable bonds is 4. The van der Waals surface area contributed by atoms with Crippen molar-refractivity contribution >= 4 is 39.0 Å². The van der Waals surface area contributed by atoms with Crippen LogP contribution in [0.3, 0.4) is 0 Å². The summed E-state index contributed by atoms with van der Waals surface area (Å²) in [6.07, 6.45) is 0.931. The Morgan fingerprint density at radius 1 is 1.03 bits per heavy atom. The van der Waals surface area contributed by atoms with Gasteiger partial charge < -0.3 is 9.64 Å². The van der Waals surface area contributed by atoms with Gasteiger partial charge in [-0.3, -0.25) is 4.79 Å². The van der Waals surface area contributed by atoms with Crippen molar-refractivity contribution in [1.29, 1.82) is 0 Å². The van der Waals surface area contributed by atoms with Crippen molar-refractivity contribution < 1.29 is 17.9 Å². The van der Waals surface area contributed by atoms with Crippen molar-refractivity contribution in [2.24, 2.45) is 0 Å². The maximum atomic E-state index is 13.0. The van der Waals surface area contributed by atoms with Gasteiger partial charge in [0.05, 0.1) is 18.1 Å². The molecule has 1 atom stereocenters. The molecule has 0 bridgehead atoms.